The van der Waals surface area contributed by atoms with Crippen LogP contribution in [0.5, 0.6) is 11.6 Å². The van der Waals surface area contributed by atoms with Gasteiger partial charge in [0.15, 0.2) is 0 Å². The molecule has 2 aromatic rings. The highest BCUT2D eigenvalue weighted by Crippen LogP contribution is 2.30. The van der Waals surface area contributed by atoms with Gasteiger partial charge in [0.05, 0.1) is 4.92 Å². The molecule has 0 spiro atoms. The van der Waals surface area contributed by atoms with E-state index in [1.54, 1.807) is 14.0 Å². The molecule has 1 aromatic carbocycles. The maximum absolute atomic E-state index is 13.2. The van der Waals surface area contributed by atoms with Crippen LogP contribution in [0.2, 0.25) is 0 Å². The molecule has 1 N–H and O–H groups in total. The fraction of sp³-hybridized carbons (Fsp3) is 0.167. The summed E-state index contributed by atoms with van der Waals surface area (Å²) >= 11 is 0. The van der Waals surface area contributed by atoms with E-state index in [0.717, 1.165) is 6.20 Å². The van der Waals surface area contributed by atoms with E-state index in [2.05, 4.69) is 15.3 Å². The molecule has 0 radical (unpaired) electrons. The first-order chi connectivity index (χ1) is 9.51. The summed E-state index contributed by atoms with van der Waals surface area (Å²) in [5, 5.41) is 13.6. The van der Waals surface area contributed by atoms with Gasteiger partial charge in [0.2, 0.25) is 5.95 Å². The van der Waals surface area contributed by atoms with Crippen molar-refractivity contribution in [1.29, 1.82) is 0 Å². The summed E-state index contributed by atoms with van der Waals surface area (Å²) < 4.78 is 18.5. The maximum Gasteiger partial charge on any atom is 0.349 e. The molecule has 20 heavy (non-hydrogen) atoms. The van der Waals surface area contributed by atoms with Crippen LogP contribution < -0.4 is 10.1 Å². The Labute approximate surface area is 113 Å². The SMILES string of the molecule is CNc1ncc([N+](=O)[O-])c(Oc2ccc(F)c(C)c2)n1. The van der Waals surface area contributed by atoms with E-state index >= 15 is 0 Å². The number of aryl methyl sites for hydroxylation is 1. The molecule has 0 saturated carbocycles. The predicted octanol–water partition coefficient (Wildman–Crippen LogP) is 2.67. The maximum atomic E-state index is 13.2. The molecule has 0 saturated heterocycles. The minimum absolute atomic E-state index is 0.185. The van der Waals surface area contributed by atoms with Crippen LogP contribution in [0.1, 0.15) is 5.56 Å². The van der Waals surface area contributed by atoms with Gasteiger partial charge in [0.25, 0.3) is 0 Å². The van der Waals surface area contributed by atoms with Gasteiger partial charge >= 0.3 is 11.6 Å². The van der Waals surface area contributed by atoms with Crippen molar-refractivity contribution in [2.45, 2.75) is 6.92 Å². The molecule has 0 aliphatic carbocycles. The summed E-state index contributed by atoms with van der Waals surface area (Å²) in [5.41, 5.74) is -0.000901. The standard InChI is InChI=1S/C12H11FN4O3/c1-7-5-8(3-4-9(7)13)20-11-10(17(18)19)6-15-12(14-2)16-11/h3-6H,1-2H3,(H,14,15,16). The van der Waals surface area contributed by atoms with Crippen LogP contribution >= 0.6 is 0 Å². The molecule has 1 heterocycles. The van der Waals surface area contributed by atoms with E-state index in [1.165, 1.54) is 18.2 Å². The number of anilines is 1. The number of benzene rings is 1. The number of hydrogen-bond acceptors (Lipinski definition) is 6. The number of ether oxygens (including phenoxy) is 1. The minimum Gasteiger partial charge on any atom is -0.434 e. The van der Waals surface area contributed by atoms with E-state index < -0.39 is 4.92 Å². The van der Waals surface area contributed by atoms with Crippen LogP contribution in [0, 0.1) is 22.9 Å². The van der Waals surface area contributed by atoms with Gasteiger partial charge in [-0.25, -0.2) is 9.37 Å². The molecule has 7 nitrogen and oxygen atoms in total. The largest absolute Gasteiger partial charge is 0.434 e. The summed E-state index contributed by atoms with van der Waals surface area (Å²) in [6.07, 6.45) is 1.05. The van der Waals surface area contributed by atoms with Crippen LogP contribution in [0.3, 0.4) is 0 Å². The molecular formula is C12H11FN4O3. The Hall–Kier alpha value is -2.77. The first kappa shape index (κ1) is 13.7. The van der Waals surface area contributed by atoms with Gasteiger partial charge < -0.3 is 10.1 Å². The second-order valence-corrected chi connectivity index (χ2v) is 3.90. The van der Waals surface area contributed by atoms with Crippen LogP contribution in [-0.2, 0) is 0 Å². The Morgan fingerprint density at radius 1 is 1.45 bits per heavy atom. The Balaban J connectivity index is 2.40. The molecule has 1 aromatic heterocycles. The zero-order valence-electron chi connectivity index (χ0n) is 10.8. The first-order valence-electron chi connectivity index (χ1n) is 5.64. The predicted molar refractivity (Wildman–Crippen MR) is 69.4 cm³/mol. The highest BCUT2D eigenvalue weighted by Gasteiger charge is 2.19. The zero-order valence-corrected chi connectivity index (χ0v) is 10.8. The summed E-state index contributed by atoms with van der Waals surface area (Å²) in [5.74, 6) is -0.150. The van der Waals surface area contributed by atoms with Gasteiger partial charge in [0, 0.05) is 7.05 Å². The van der Waals surface area contributed by atoms with Gasteiger partial charge in [-0.2, -0.15) is 4.98 Å². The topological polar surface area (TPSA) is 90.2 Å². The van der Waals surface area contributed by atoms with Crippen molar-refractivity contribution < 1.29 is 14.1 Å². The lowest BCUT2D eigenvalue weighted by atomic mass is 10.2. The number of halogens is 1. The molecule has 104 valence electrons. The molecule has 2 rings (SSSR count). The average molecular weight is 278 g/mol. The third-order valence-electron chi connectivity index (χ3n) is 2.50. The normalized spacial score (nSPS) is 10.2. The van der Waals surface area contributed by atoms with E-state index in [1.807, 2.05) is 0 Å². The number of rotatable bonds is 4. The van der Waals surface area contributed by atoms with Crippen molar-refractivity contribution >= 4 is 11.6 Å². The zero-order chi connectivity index (χ0) is 14.7. The quantitative estimate of drug-likeness (QED) is 0.683. The summed E-state index contributed by atoms with van der Waals surface area (Å²) in [6, 6.07) is 4.02. The van der Waals surface area contributed by atoms with Crippen molar-refractivity contribution in [3.63, 3.8) is 0 Å². The van der Waals surface area contributed by atoms with E-state index in [9.17, 15) is 14.5 Å². The van der Waals surface area contributed by atoms with Gasteiger partial charge in [-0.3, -0.25) is 10.1 Å². The monoisotopic (exact) mass is 278 g/mol. The lowest BCUT2D eigenvalue weighted by Gasteiger charge is -2.07. The van der Waals surface area contributed by atoms with Crippen molar-refractivity contribution in [1.82, 2.24) is 9.97 Å². The molecule has 0 aliphatic rings. The summed E-state index contributed by atoms with van der Waals surface area (Å²) in [4.78, 5) is 17.9. The molecule has 0 fully saturated rings. The Morgan fingerprint density at radius 2 is 2.20 bits per heavy atom. The van der Waals surface area contributed by atoms with E-state index in [-0.39, 0.29) is 29.1 Å². The smallest absolute Gasteiger partial charge is 0.349 e. The van der Waals surface area contributed by atoms with Crippen LogP contribution in [0.4, 0.5) is 16.0 Å². The summed E-state index contributed by atoms with van der Waals surface area (Å²) in [7, 11) is 1.58. The third kappa shape index (κ3) is 2.79. The fourth-order valence-electron chi connectivity index (χ4n) is 1.47. The van der Waals surface area contributed by atoms with E-state index in [0.29, 0.717) is 5.56 Å². The fourth-order valence-corrected chi connectivity index (χ4v) is 1.47. The molecule has 0 bridgehead atoms. The van der Waals surface area contributed by atoms with Crippen LogP contribution in [0.25, 0.3) is 0 Å². The van der Waals surface area contributed by atoms with Crippen molar-refractivity contribution in [3.8, 4) is 11.6 Å². The lowest BCUT2D eigenvalue weighted by molar-refractivity contribution is -0.386. The molecule has 0 unspecified atom stereocenters. The van der Waals surface area contributed by atoms with Crippen molar-refractivity contribution in [2.75, 3.05) is 12.4 Å². The van der Waals surface area contributed by atoms with Crippen LogP contribution in [-0.4, -0.2) is 21.9 Å². The molecule has 8 heteroatoms. The van der Waals surface area contributed by atoms with Gasteiger partial charge in [0.1, 0.15) is 17.8 Å². The molecule has 0 atom stereocenters. The second-order valence-electron chi connectivity index (χ2n) is 3.90. The number of hydrogen-bond donors (Lipinski definition) is 1. The lowest BCUT2D eigenvalue weighted by Crippen LogP contribution is -2.02. The Bertz CT molecular complexity index is 663. The number of nitrogens with one attached hydrogen (secondary N) is 1. The van der Waals surface area contributed by atoms with Crippen LogP contribution in [0.15, 0.2) is 24.4 Å². The first-order valence-corrected chi connectivity index (χ1v) is 5.64. The van der Waals surface area contributed by atoms with Gasteiger partial charge in [-0.1, -0.05) is 0 Å². The number of aromatic nitrogens is 2. The number of nitrogens with zero attached hydrogens (tertiary/aromatic N) is 3. The Kier molecular flexibility index (Phi) is 3.74. The molecular weight excluding hydrogens is 267 g/mol. The minimum atomic E-state index is -0.648. The third-order valence-corrected chi connectivity index (χ3v) is 2.50. The van der Waals surface area contributed by atoms with Gasteiger partial charge in [-0.15, -0.1) is 0 Å². The van der Waals surface area contributed by atoms with Crippen molar-refractivity contribution in [2.24, 2.45) is 0 Å². The molecule has 0 aliphatic heterocycles. The van der Waals surface area contributed by atoms with Crippen molar-refractivity contribution in [3.05, 3.63) is 45.9 Å². The summed E-state index contributed by atoms with van der Waals surface area (Å²) in [6.45, 7) is 1.57. The number of nitro groups is 1. The highest BCUT2D eigenvalue weighted by atomic mass is 19.1. The average Bonchev–Trinajstić information content (AvgIpc) is 2.42. The van der Waals surface area contributed by atoms with Gasteiger partial charge in [-0.05, 0) is 30.7 Å². The highest BCUT2D eigenvalue weighted by molar-refractivity contribution is 5.45. The molecule has 0 amide bonds. The second kappa shape index (κ2) is 5.47. The van der Waals surface area contributed by atoms with E-state index in [4.69, 9.17) is 4.74 Å². The Morgan fingerprint density at radius 3 is 2.80 bits per heavy atom.